The van der Waals surface area contributed by atoms with Crippen molar-refractivity contribution in [3.63, 3.8) is 0 Å². The molecule has 24 heavy (non-hydrogen) atoms. The number of carbonyl (C=O) groups is 1. The van der Waals surface area contributed by atoms with Crippen LogP contribution in [0.25, 0.3) is 0 Å². The van der Waals surface area contributed by atoms with E-state index in [1.54, 1.807) is 6.92 Å². The van der Waals surface area contributed by atoms with Gasteiger partial charge in [-0.2, -0.15) is 0 Å². The van der Waals surface area contributed by atoms with Crippen LogP contribution < -0.4 is 5.32 Å². The molecular weight excluding hydrogens is 313 g/mol. The average Bonchev–Trinajstić information content (AvgIpc) is 2.60. The van der Waals surface area contributed by atoms with Crippen molar-refractivity contribution in [2.75, 3.05) is 6.54 Å². The zero-order valence-corrected chi connectivity index (χ0v) is 13.3. The smallest absolute Gasteiger partial charge is 0.407 e. The van der Waals surface area contributed by atoms with Crippen LogP contribution in [0.15, 0.2) is 48.5 Å². The molecule has 2 aromatic carbocycles. The molecule has 0 heterocycles. The van der Waals surface area contributed by atoms with Crippen molar-refractivity contribution in [3.05, 3.63) is 71.0 Å². The Labute approximate surface area is 139 Å². The Morgan fingerprint density at radius 3 is 2.58 bits per heavy atom. The lowest BCUT2D eigenvalue weighted by Gasteiger charge is -2.19. The predicted octanol–water partition coefficient (Wildman–Crippen LogP) is 2.45. The highest BCUT2D eigenvalue weighted by molar-refractivity contribution is 5.67. The third-order valence-electron chi connectivity index (χ3n) is 3.56. The van der Waals surface area contributed by atoms with E-state index in [1.165, 1.54) is 18.2 Å². The fraction of sp³-hybridized carbons (Fsp3) is 0.278. The molecule has 5 nitrogen and oxygen atoms in total. The first-order valence-corrected chi connectivity index (χ1v) is 7.54. The lowest BCUT2D eigenvalue weighted by Crippen LogP contribution is -2.35. The van der Waals surface area contributed by atoms with E-state index in [4.69, 9.17) is 4.74 Å². The number of carbonyl (C=O) groups excluding carboxylic acids is 1. The van der Waals surface area contributed by atoms with E-state index in [1.807, 2.05) is 30.3 Å². The van der Waals surface area contributed by atoms with Crippen molar-refractivity contribution in [1.29, 1.82) is 0 Å². The van der Waals surface area contributed by atoms with Gasteiger partial charge in [0.05, 0.1) is 0 Å². The molecule has 6 heteroatoms. The number of nitrogens with one attached hydrogen (secondary N) is 1. The van der Waals surface area contributed by atoms with Crippen molar-refractivity contribution < 1.29 is 24.1 Å². The maximum Gasteiger partial charge on any atom is 0.407 e. The van der Waals surface area contributed by atoms with Gasteiger partial charge in [0.25, 0.3) is 0 Å². The van der Waals surface area contributed by atoms with Crippen LogP contribution in [0.5, 0.6) is 0 Å². The van der Waals surface area contributed by atoms with Gasteiger partial charge in [0.2, 0.25) is 0 Å². The van der Waals surface area contributed by atoms with Crippen LogP contribution in [0.3, 0.4) is 0 Å². The monoisotopic (exact) mass is 333 g/mol. The largest absolute Gasteiger partial charge is 0.445 e. The summed E-state index contributed by atoms with van der Waals surface area (Å²) in [6.45, 7) is 1.49. The summed E-state index contributed by atoms with van der Waals surface area (Å²) in [7, 11) is 0. The molecule has 0 aromatic heterocycles. The zero-order chi connectivity index (χ0) is 17.5. The van der Waals surface area contributed by atoms with Crippen LogP contribution in [0.4, 0.5) is 9.18 Å². The minimum absolute atomic E-state index is 0.114. The highest BCUT2D eigenvalue weighted by atomic mass is 19.1. The first kappa shape index (κ1) is 17.9. The van der Waals surface area contributed by atoms with Gasteiger partial charge in [-0.05, 0) is 29.7 Å². The molecule has 0 spiro atoms. The van der Waals surface area contributed by atoms with E-state index >= 15 is 0 Å². The molecule has 0 aliphatic carbocycles. The van der Waals surface area contributed by atoms with Crippen molar-refractivity contribution in [2.45, 2.75) is 25.7 Å². The minimum Gasteiger partial charge on any atom is -0.445 e. The van der Waals surface area contributed by atoms with E-state index in [2.05, 4.69) is 5.32 Å². The summed E-state index contributed by atoms with van der Waals surface area (Å²) in [6.07, 6.45) is -3.17. The van der Waals surface area contributed by atoms with Gasteiger partial charge in [-0.25, -0.2) is 9.18 Å². The van der Waals surface area contributed by atoms with Gasteiger partial charge >= 0.3 is 6.09 Å². The van der Waals surface area contributed by atoms with E-state index in [9.17, 15) is 19.4 Å². The van der Waals surface area contributed by atoms with Crippen molar-refractivity contribution in [2.24, 2.45) is 0 Å². The molecule has 1 amide bonds. The summed E-state index contributed by atoms with van der Waals surface area (Å²) >= 11 is 0. The van der Waals surface area contributed by atoms with Crippen molar-refractivity contribution in [1.82, 2.24) is 5.32 Å². The summed E-state index contributed by atoms with van der Waals surface area (Å²) in [5.74, 6) is -0.386. The van der Waals surface area contributed by atoms with Gasteiger partial charge in [0, 0.05) is 6.54 Å². The molecule has 0 radical (unpaired) electrons. The average molecular weight is 333 g/mol. The third-order valence-corrected chi connectivity index (χ3v) is 3.56. The van der Waals surface area contributed by atoms with Crippen LogP contribution in [0.1, 0.15) is 22.8 Å². The van der Waals surface area contributed by atoms with E-state index in [0.29, 0.717) is 11.1 Å². The second-order valence-electron chi connectivity index (χ2n) is 5.46. The van der Waals surface area contributed by atoms with Crippen molar-refractivity contribution >= 4 is 6.09 Å². The molecule has 2 rings (SSSR count). The number of ether oxygens (including phenoxy) is 1. The SMILES string of the molecule is Cc1cc(C(O)C(O)CNC(=O)OCc2ccccc2)ccc1F. The number of halogens is 1. The molecule has 0 fully saturated rings. The summed E-state index contributed by atoms with van der Waals surface area (Å²) in [6, 6.07) is 13.2. The number of aryl methyl sites for hydroxylation is 1. The minimum atomic E-state index is -1.24. The number of benzene rings is 2. The summed E-state index contributed by atoms with van der Waals surface area (Å²) in [4.78, 5) is 11.6. The van der Waals surface area contributed by atoms with Gasteiger partial charge in [-0.3, -0.25) is 0 Å². The van der Waals surface area contributed by atoms with Crippen LogP contribution in [0, 0.1) is 12.7 Å². The molecule has 2 unspecified atom stereocenters. The molecule has 0 saturated heterocycles. The fourth-order valence-corrected chi connectivity index (χ4v) is 2.15. The van der Waals surface area contributed by atoms with Crippen LogP contribution >= 0.6 is 0 Å². The topological polar surface area (TPSA) is 78.8 Å². The highest BCUT2D eigenvalue weighted by Gasteiger charge is 2.20. The number of aliphatic hydroxyl groups is 2. The van der Waals surface area contributed by atoms with Crippen LogP contribution in [0.2, 0.25) is 0 Å². The Morgan fingerprint density at radius 1 is 1.21 bits per heavy atom. The quantitative estimate of drug-likeness (QED) is 0.759. The number of hydrogen-bond acceptors (Lipinski definition) is 4. The van der Waals surface area contributed by atoms with Crippen LogP contribution in [-0.4, -0.2) is 29.0 Å². The van der Waals surface area contributed by atoms with Crippen LogP contribution in [-0.2, 0) is 11.3 Å². The highest BCUT2D eigenvalue weighted by Crippen LogP contribution is 2.19. The number of aliphatic hydroxyl groups excluding tert-OH is 2. The fourth-order valence-electron chi connectivity index (χ4n) is 2.15. The molecule has 2 aromatic rings. The maximum atomic E-state index is 13.2. The number of rotatable bonds is 6. The van der Waals surface area contributed by atoms with Gasteiger partial charge in [-0.15, -0.1) is 0 Å². The number of amides is 1. The molecule has 128 valence electrons. The molecule has 2 atom stereocenters. The normalized spacial score (nSPS) is 13.2. The lowest BCUT2D eigenvalue weighted by atomic mass is 10.0. The molecule has 0 aliphatic rings. The summed E-state index contributed by atoms with van der Waals surface area (Å²) < 4.78 is 18.2. The second kappa shape index (κ2) is 8.42. The molecule has 0 saturated carbocycles. The van der Waals surface area contributed by atoms with E-state index in [-0.39, 0.29) is 19.0 Å². The maximum absolute atomic E-state index is 13.2. The Bertz CT molecular complexity index is 678. The second-order valence-corrected chi connectivity index (χ2v) is 5.46. The third kappa shape index (κ3) is 5.04. The predicted molar refractivity (Wildman–Crippen MR) is 86.7 cm³/mol. The summed E-state index contributed by atoms with van der Waals surface area (Å²) in [5.41, 5.74) is 1.59. The van der Waals surface area contributed by atoms with Gasteiger partial charge < -0.3 is 20.3 Å². The molecule has 3 N–H and O–H groups in total. The zero-order valence-electron chi connectivity index (χ0n) is 13.3. The van der Waals surface area contributed by atoms with E-state index < -0.39 is 18.3 Å². The van der Waals surface area contributed by atoms with Gasteiger partial charge in [0.1, 0.15) is 24.6 Å². The number of alkyl carbamates (subject to hydrolysis) is 1. The molecule has 0 bridgehead atoms. The first-order valence-electron chi connectivity index (χ1n) is 7.54. The Morgan fingerprint density at radius 2 is 1.92 bits per heavy atom. The lowest BCUT2D eigenvalue weighted by molar-refractivity contribution is 0.0183. The Kier molecular flexibility index (Phi) is 6.28. The van der Waals surface area contributed by atoms with Crippen molar-refractivity contribution in [3.8, 4) is 0 Å². The van der Waals surface area contributed by atoms with Gasteiger partial charge in [0.15, 0.2) is 0 Å². The van der Waals surface area contributed by atoms with Gasteiger partial charge in [-0.1, -0.05) is 42.5 Å². The molecule has 0 aliphatic heterocycles. The Balaban J connectivity index is 1.80. The standard InChI is InChI=1S/C18H20FNO4/c1-12-9-14(7-8-15(12)19)17(22)16(21)10-20-18(23)24-11-13-5-3-2-4-6-13/h2-9,16-17,21-22H,10-11H2,1H3,(H,20,23). The molecular formula is C18H20FNO4. The number of hydrogen-bond donors (Lipinski definition) is 3. The Hall–Kier alpha value is -2.44. The van der Waals surface area contributed by atoms with E-state index in [0.717, 1.165) is 5.56 Å². The first-order chi connectivity index (χ1) is 11.5. The summed E-state index contributed by atoms with van der Waals surface area (Å²) in [5, 5.41) is 22.4.